The summed E-state index contributed by atoms with van der Waals surface area (Å²) in [5.41, 5.74) is 1.23. The van der Waals surface area contributed by atoms with Gasteiger partial charge >= 0.3 is 0 Å². The van der Waals surface area contributed by atoms with Gasteiger partial charge in [0, 0.05) is 32.2 Å². The molecule has 0 amide bonds. The summed E-state index contributed by atoms with van der Waals surface area (Å²) in [6.07, 6.45) is 1.45. The molecule has 0 aliphatic heterocycles. The van der Waals surface area contributed by atoms with Gasteiger partial charge in [-0.1, -0.05) is 30.3 Å². The van der Waals surface area contributed by atoms with Crippen LogP contribution in [0, 0.1) is 0 Å². The third-order valence-corrected chi connectivity index (χ3v) is 3.06. The number of ether oxygens (including phenoxy) is 2. The molecule has 1 aromatic rings. The molecule has 1 rings (SSSR count). The molecule has 114 valence electrons. The van der Waals surface area contributed by atoms with Crippen molar-refractivity contribution in [3.05, 3.63) is 35.9 Å². The van der Waals surface area contributed by atoms with E-state index in [1.165, 1.54) is 5.56 Å². The normalized spacial score (nSPS) is 12.8. The zero-order chi connectivity index (χ0) is 14.6. The summed E-state index contributed by atoms with van der Waals surface area (Å²) in [6.45, 7) is 6.12. The van der Waals surface area contributed by atoms with Gasteiger partial charge in [-0.2, -0.15) is 0 Å². The quantitative estimate of drug-likeness (QED) is 0.609. The smallest absolute Gasteiger partial charge is 0.158 e. The van der Waals surface area contributed by atoms with Gasteiger partial charge in [-0.15, -0.1) is 0 Å². The summed E-state index contributed by atoms with van der Waals surface area (Å²) < 4.78 is 11.0. The minimum absolute atomic E-state index is 0.0707. The Hall–Kier alpha value is -0.940. The molecule has 0 radical (unpaired) electrons. The lowest BCUT2D eigenvalue weighted by Gasteiger charge is -2.20. The third kappa shape index (κ3) is 7.01. The number of aliphatic hydroxyl groups is 1. The van der Waals surface area contributed by atoms with E-state index in [9.17, 15) is 5.11 Å². The molecule has 4 heteroatoms. The second-order valence-corrected chi connectivity index (χ2v) is 4.65. The fourth-order valence-corrected chi connectivity index (χ4v) is 2.09. The number of nitrogens with one attached hydrogen (secondary N) is 1. The van der Waals surface area contributed by atoms with Gasteiger partial charge in [-0.05, 0) is 25.8 Å². The second-order valence-electron chi connectivity index (χ2n) is 4.65. The van der Waals surface area contributed by atoms with Crippen LogP contribution in [0.25, 0.3) is 0 Å². The van der Waals surface area contributed by atoms with Crippen molar-refractivity contribution in [2.24, 2.45) is 0 Å². The number of hydrogen-bond donors (Lipinski definition) is 2. The van der Waals surface area contributed by atoms with Crippen molar-refractivity contribution < 1.29 is 14.6 Å². The maximum atomic E-state index is 9.43. The Bertz CT molecular complexity index is 326. The topological polar surface area (TPSA) is 50.7 Å². The van der Waals surface area contributed by atoms with Gasteiger partial charge in [0.15, 0.2) is 6.29 Å². The highest BCUT2D eigenvalue weighted by atomic mass is 16.7. The van der Waals surface area contributed by atoms with Crippen molar-refractivity contribution in [3.8, 4) is 0 Å². The van der Waals surface area contributed by atoms with Gasteiger partial charge in [0.1, 0.15) is 0 Å². The lowest BCUT2D eigenvalue weighted by molar-refractivity contribution is -0.138. The van der Waals surface area contributed by atoms with Crippen LogP contribution in [0.5, 0.6) is 0 Å². The van der Waals surface area contributed by atoms with Crippen molar-refractivity contribution in [3.63, 3.8) is 0 Å². The van der Waals surface area contributed by atoms with Crippen molar-refractivity contribution in [1.29, 1.82) is 0 Å². The number of rotatable bonds is 11. The molecule has 2 N–H and O–H groups in total. The van der Waals surface area contributed by atoms with Crippen LogP contribution in [0.4, 0.5) is 0 Å². The Kier molecular flexibility index (Phi) is 9.24. The van der Waals surface area contributed by atoms with E-state index >= 15 is 0 Å². The molecule has 1 atom stereocenters. The first-order chi connectivity index (χ1) is 9.80. The van der Waals surface area contributed by atoms with Crippen LogP contribution in [-0.4, -0.2) is 43.8 Å². The molecule has 0 aliphatic carbocycles. The first-order valence-corrected chi connectivity index (χ1v) is 7.41. The average molecular weight is 281 g/mol. The van der Waals surface area contributed by atoms with Gasteiger partial charge in [0.05, 0.1) is 6.61 Å². The molecular formula is C16H27NO3. The third-order valence-electron chi connectivity index (χ3n) is 3.06. The van der Waals surface area contributed by atoms with Crippen molar-refractivity contribution >= 4 is 0 Å². The van der Waals surface area contributed by atoms with Crippen molar-refractivity contribution in [2.45, 2.75) is 39.0 Å². The molecule has 0 spiro atoms. The Morgan fingerprint density at radius 2 is 1.75 bits per heavy atom. The van der Waals surface area contributed by atoms with Gasteiger partial charge in [-0.25, -0.2) is 0 Å². The van der Waals surface area contributed by atoms with Crippen molar-refractivity contribution in [1.82, 2.24) is 5.32 Å². The lowest BCUT2D eigenvalue weighted by atomic mass is 10.1. The van der Waals surface area contributed by atoms with Crippen LogP contribution in [0.15, 0.2) is 30.3 Å². The van der Waals surface area contributed by atoms with Crippen LogP contribution < -0.4 is 5.32 Å². The van der Waals surface area contributed by atoms with Crippen LogP contribution in [-0.2, 0) is 15.9 Å². The largest absolute Gasteiger partial charge is 0.395 e. The van der Waals surface area contributed by atoms with E-state index in [0.717, 1.165) is 19.4 Å². The number of hydrogen-bond acceptors (Lipinski definition) is 4. The molecular weight excluding hydrogens is 254 g/mol. The Balaban J connectivity index is 2.30. The summed E-state index contributed by atoms with van der Waals surface area (Å²) in [5.74, 6) is 0. The Morgan fingerprint density at radius 3 is 2.30 bits per heavy atom. The van der Waals surface area contributed by atoms with E-state index < -0.39 is 0 Å². The minimum atomic E-state index is -0.159. The minimum Gasteiger partial charge on any atom is -0.395 e. The van der Waals surface area contributed by atoms with E-state index in [0.29, 0.717) is 13.2 Å². The predicted octanol–water partition coefficient (Wildman–Crippen LogP) is 1.97. The molecule has 0 saturated heterocycles. The summed E-state index contributed by atoms with van der Waals surface area (Å²) in [6, 6.07) is 10.3. The molecule has 4 nitrogen and oxygen atoms in total. The van der Waals surface area contributed by atoms with E-state index in [-0.39, 0.29) is 18.9 Å². The van der Waals surface area contributed by atoms with Gasteiger partial charge in [0.25, 0.3) is 0 Å². The van der Waals surface area contributed by atoms with Crippen molar-refractivity contribution in [2.75, 3.05) is 26.4 Å². The molecule has 20 heavy (non-hydrogen) atoms. The zero-order valence-corrected chi connectivity index (χ0v) is 12.5. The summed E-state index contributed by atoms with van der Waals surface area (Å²) in [4.78, 5) is 0. The fourth-order valence-electron chi connectivity index (χ4n) is 2.09. The fraction of sp³-hybridized carbons (Fsp3) is 0.625. The van der Waals surface area contributed by atoms with E-state index in [1.54, 1.807) is 0 Å². The van der Waals surface area contributed by atoms with Crippen LogP contribution >= 0.6 is 0 Å². The second kappa shape index (κ2) is 10.8. The van der Waals surface area contributed by atoms with E-state index in [4.69, 9.17) is 9.47 Å². The van der Waals surface area contributed by atoms with E-state index in [1.807, 2.05) is 32.0 Å². The Morgan fingerprint density at radius 1 is 1.10 bits per heavy atom. The van der Waals surface area contributed by atoms with Gasteiger partial charge in [0.2, 0.25) is 0 Å². The Labute approximate surface area is 122 Å². The van der Waals surface area contributed by atoms with Crippen LogP contribution in [0.2, 0.25) is 0 Å². The summed E-state index contributed by atoms with van der Waals surface area (Å²) in [5, 5.41) is 12.8. The van der Waals surface area contributed by atoms with E-state index in [2.05, 4.69) is 17.4 Å². The number of benzene rings is 1. The van der Waals surface area contributed by atoms with Crippen LogP contribution in [0.1, 0.15) is 25.8 Å². The maximum Gasteiger partial charge on any atom is 0.158 e. The highest BCUT2D eigenvalue weighted by molar-refractivity contribution is 5.15. The molecule has 0 fully saturated rings. The molecule has 0 saturated carbocycles. The predicted molar refractivity (Wildman–Crippen MR) is 80.7 cm³/mol. The van der Waals surface area contributed by atoms with Crippen LogP contribution in [0.3, 0.4) is 0 Å². The molecule has 1 unspecified atom stereocenters. The zero-order valence-electron chi connectivity index (χ0n) is 12.5. The highest BCUT2D eigenvalue weighted by Gasteiger charge is 2.11. The molecule has 0 heterocycles. The maximum absolute atomic E-state index is 9.43. The number of aliphatic hydroxyl groups excluding tert-OH is 1. The molecule has 1 aromatic carbocycles. The summed E-state index contributed by atoms with van der Waals surface area (Å²) >= 11 is 0. The average Bonchev–Trinajstić information content (AvgIpc) is 2.47. The SMILES string of the molecule is CCOC(CCNC(CO)Cc1ccccc1)OCC. The van der Waals surface area contributed by atoms with Gasteiger partial charge < -0.3 is 19.9 Å². The molecule has 0 bridgehead atoms. The first-order valence-electron chi connectivity index (χ1n) is 7.41. The molecule has 0 aliphatic rings. The monoisotopic (exact) mass is 281 g/mol. The first kappa shape index (κ1) is 17.1. The highest BCUT2D eigenvalue weighted by Crippen LogP contribution is 2.04. The molecule has 0 aromatic heterocycles. The summed E-state index contributed by atoms with van der Waals surface area (Å²) in [7, 11) is 0. The van der Waals surface area contributed by atoms with Gasteiger partial charge in [-0.3, -0.25) is 0 Å². The standard InChI is InChI=1S/C16H27NO3/c1-3-19-16(20-4-2)10-11-17-15(13-18)12-14-8-6-5-7-9-14/h5-9,15-18H,3-4,10-13H2,1-2H3. The lowest BCUT2D eigenvalue weighted by Crippen LogP contribution is -2.37.